The summed E-state index contributed by atoms with van der Waals surface area (Å²) in [6.45, 7) is 6.28. The summed E-state index contributed by atoms with van der Waals surface area (Å²) in [7, 11) is 0. The number of nitrogens with one attached hydrogen (secondary N) is 1. The molecule has 0 aliphatic carbocycles. The molecule has 4 heteroatoms. The minimum atomic E-state index is -0.154. The van der Waals surface area contributed by atoms with E-state index in [1.165, 1.54) is 16.7 Å². The predicted octanol–water partition coefficient (Wildman–Crippen LogP) is 4.47. The lowest BCUT2D eigenvalue weighted by Gasteiger charge is -2.21. The van der Waals surface area contributed by atoms with Gasteiger partial charge in [0, 0.05) is 10.0 Å². The van der Waals surface area contributed by atoms with E-state index < -0.39 is 0 Å². The zero-order valence-corrected chi connectivity index (χ0v) is 13.3. The lowest BCUT2D eigenvalue weighted by molar-refractivity contribution is 0.633. The molecule has 0 spiro atoms. The van der Waals surface area contributed by atoms with Crippen molar-refractivity contribution in [1.29, 1.82) is 0 Å². The molecule has 1 atom stereocenters. The second kappa shape index (κ2) is 6.15. The molecule has 106 valence electrons. The minimum absolute atomic E-state index is 0.154. The third-order valence-corrected chi connectivity index (χ3v) is 4.20. The third-order valence-electron chi connectivity index (χ3n) is 3.63. The fraction of sp³-hybridized carbons (Fsp3) is 0.250. The first-order valence-electron chi connectivity index (χ1n) is 6.43. The molecule has 20 heavy (non-hydrogen) atoms. The lowest BCUT2D eigenvalue weighted by Crippen LogP contribution is -2.29. The standard InChI is InChI=1S/C16H18Cl2N2/c1-9-6-11(3)14(7-10(9)2)16(20-19)13-5-4-12(17)8-15(13)18/h4-8,16,20H,19H2,1-3H3. The average Bonchev–Trinajstić information content (AvgIpc) is 2.38. The minimum Gasteiger partial charge on any atom is -0.271 e. The number of nitrogens with two attached hydrogens (primary N) is 1. The molecule has 0 fully saturated rings. The molecule has 0 bridgehead atoms. The van der Waals surface area contributed by atoms with Gasteiger partial charge in [0.15, 0.2) is 0 Å². The summed E-state index contributed by atoms with van der Waals surface area (Å²) < 4.78 is 0. The topological polar surface area (TPSA) is 38.0 Å². The SMILES string of the molecule is Cc1cc(C)c(C(NN)c2ccc(Cl)cc2Cl)cc1C. The molecule has 0 aliphatic heterocycles. The molecular formula is C16H18Cl2N2. The first-order chi connectivity index (χ1) is 9.43. The molecule has 2 rings (SSSR count). The molecule has 0 saturated carbocycles. The zero-order chi connectivity index (χ0) is 14.9. The first-order valence-corrected chi connectivity index (χ1v) is 7.18. The Bertz CT molecular complexity index is 639. The van der Waals surface area contributed by atoms with Gasteiger partial charge in [-0.3, -0.25) is 5.84 Å². The van der Waals surface area contributed by atoms with E-state index in [0.717, 1.165) is 11.1 Å². The number of aryl methyl sites for hydroxylation is 3. The van der Waals surface area contributed by atoms with Crippen LogP contribution in [0.1, 0.15) is 33.9 Å². The van der Waals surface area contributed by atoms with Crippen LogP contribution in [0.25, 0.3) is 0 Å². The van der Waals surface area contributed by atoms with Crippen LogP contribution in [0.15, 0.2) is 30.3 Å². The van der Waals surface area contributed by atoms with Crippen molar-refractivity contribution in [3.05, 3.63) is 68.2 Å². The Labute approximate surface area is 129 Å². The van der Waals surface area contributed by atoms with E-state index in [9.17, 15) is 0 Å². The summed E-state index contributed by atoms with van der Waals surface area (Å²) in [4.78, 5) is 0. The molecule has 0 aliphatic rings. The molecular weight excluding hydrogens is 291 g/mol. The van der Waals surface area contributed by atoms with Crippen molar-refractivity contribution < 1.29 is 0 Å². The molecule has 2 nitrogen and oxygen atoms in total. The van der Waals surface area contributed by atoms with E-state index >= 15 is 0 Å². The number of hydrazine groups is 1. The predicted molar refractivity (Wildman–Crippen MR) is 86.3 cm³/mol. The highest BCUT2D eigenvalue weighted by Gasteiger charge is 2.18. The highest BCUT2D eigenvalue weighted by atomic mass is 35.5. The largest absolute Gasteiger partial charge is 0.271 e. The molecule has 0 aromatic heterocycles. The molecule has 0 amide bonds. The van der Waals surface area contributed by atoms with Gasteiger partial charge in [-0.2, -0.15) is 0 Å². The van der Waals surface area contributed by atoms with Crippen LogP contribution in [-0.2, 0) is 0 Å². The van der Waals surface area contributed by atoms with Crippen molar-refractivity contribution in [2.75, 3.05) is 0 Å². The summed E-state index contributed by atoms with van der Waals surface area (Å²) in [6.07, 6.45) is 0. The zero-order valence-electron chi connectivity index (χ0n) is 11.8. The van der Waals surface area contributed by atoms with Gasteiger partial charge in [-0.1, -0.05) is 41.4 Å². The van der Waals surface area contributed by atoms with Gasteiger partial charge in [0.25, 0.3) is 0 Å². The fourth-order valence-electron chi connectivity index (χ4n) is 2.38. The van der Waals surface area contributed by atoms with Crippen LogP contribution in [0.2, 0.25) is 10.0 Å². The summed E-state index contributed by atoms with van der Waals surface area (Å²) in [5, 5.41) is 1.23. The van der Waals surface area contributed by atoms with Crippen molar-refractivity contribution in [3.8, 4) is 0 Å². The average molecular weight is 309 g/mol. The van der Waals surface area contributed by atoms with Crippen LogP contribution in [0, 0.1) is 20.8 Å². The normalized spacial score (nSPS) is 12.5. The molecule has 0 saturated heterocycles. The summed E-state index contributed by atoms with van der Waals surface area (Å²) >= 11 is 12.2. The van der Waals surface area contributed by atoms with Gasteiger partial charge in [0.1, 0.15) is 0 Å². The maximum absolute atomic E-state index is 6.30. The monoisotopic (exact) mass is 308 g/mol. The Balaban J connectivity index is 2.55. The summed E-state index contributed by atoms with van der Waals surface area (Å²) in [5.41, 5.74) is 8.58. The molecule has 1 unspecified atom stereocenters. The van der Waals surface area contributed by atoms with E-state index in [2.05, 4.69) is 38.3 Å². The van der Waals surface area contributed by atoms with Crippen molar-refractivity contribution in [1.82, 2.24) is 5.43 Å². The Morgan fingerprint density at radius 3 is 2.15 bits per heavy atom. The van der Waals surface area contributed by atoms with Crippen molar-refractivity contribution in [2.24, 2.45) is 5.84 Å². The quantitative estimate of drug-likeness (QED) is 0.648. The van der Waals surface area contributed by atoms with E-state index in [1.54, 1.807) is 6.07 Å². The lowest BCUT2D eigenvalue weighted by atomic mass is 9.92. The van der Waals surface area contributed by atoms with Crippen LogP contribution in [0.4, 0.5) is 0 Å². The second-order valence-corrected chi connectivity index (χ2v) is 5.90. The van der Waals surface area contributed by atoms with Gasteiger partial charge in [-0.25, -0.2) is 5.43 Å². The van der Waals surface area contributed by atoms with E-state index in [4.69, 9.17) is 29.0 Å². The van der Waals surface area contributed by atoms with Crippen LogP contribution >= 0.6 is 23.2 Å². The smallest absolute Gasteiger partial charge is 0.0727 e. The van der Waals surface area contributed by atoms with Crippen molar-refractivity contribution in [3.63, 3.8) is 0 Å². The van der Waals surface area contributed by atoms with E-state index in [-0.39, 0.29) is 6.04 Å². The maximum atomic E-state index is 6.30. The van der Waals surface area contributed by atoms with Gasteiger partial charge >= 0.3 is 0 Å². The van der Waals surface area contributed by atoms with Gasteiger partial charge in [0.05, 0.1) is 6.04 Å². The van der Waals surface area contributed by atoms with E-state index in [1.807, 2.05) is 12.1 Å². The third kappa shape index (κ3) is 2.99. The molecule has 3 N–H and O–H groups in total. The number of benzene rings is 2. The Kier molecular flexibility index (Phi) is 4.71. The van der Waals surface area contributed by atoms with Gasteiger partial charge in [-0.15, -0.1) is 0 Å². The Morgan fingerprint density at radius 2 is 1.55 bits per heavy atom. The molecule has 2 aromatic rings. The number of rotatable bonds is 3. The molecule has 2 aromatic carbocycles. The highest BCUT2D eigenvalue weighted by molar-refractivity contribution is 6.35. The van der Waals surface area contributed by atoms with Crippen molar-refractivity contribution in [2.45, 2.75) is 26.8 Å². The Morgan fingerprint density at radius 1 is 0.900 bits per heavy atom. The van der Waals surface area contributed by atoms with Gasteiger partial charge in [-0.05, 0) is 60.7 Å². The van der Waals surface area contributed by atoms with Crippen LogP contribution in [-0.4, -0.2) is 0 Å². The van der Waals surface area contributed by atoms with Gasteiger partial charge in [0.2, 0.25) is 0 Å². The van der Waals surface area contributed by atoms with Gasteiger partial charge < -0.3 is 0 Å². The number of halogens is 2. The molecule has 0 heterocycles. The summed E-state index contributed by atoms with van der Waals surface area (Å²) in [6, 6.07) is 9.63. The van der Waals surface area contributed by atoms with E-state index in [0.29, 0.717) is 10.0 Å². The summed E-state index contributed by atoms with van der Waals surface area (Å²) in [5.74, 6) is 5.76. The Hall–Kier alpha value is -1.06. The maximum Gasteiger partial charge on any atom is 0.0727 e. The second-order valence-electron chi connectivity index (χ2n) is 5.06. The van der Waals surface area contributed by atoms with Crippen LogP contribution in [0.5, 0.6) is 0 Å². The highest BCUT2D eigenvalue weighted by Crippen LogP contribution is 2.32. The number of hydrogen-bond acceptors (Lipinski definition) is 2. The number of hydrogen-bond donors (Lipinski definition) is 2. The van der Waals surface area contributed by atoms with Crippen LogP contribution < -0.4 is 11.3 Å². The molecule has 0 radical (unpaired) electrons. The fourth-order valence-corrected chi connectivity index (χ4v) is 2.89. The van der Waals surface area contributed by atoms with Crippen molar-refractivity contribution >= 4 is 23.2 Å². The first kappa shape index (κ1) is 15.3. The van der Waals surface area contributed by atoms with Crippen LogP contribution in [0.3, 0.4) is 0 Å².